The van der Waals surface area contributed by atoms with E-state index in [1.54, 1.807) is 0 Å². The summed E-state index contributed by atoms with van der Waals surface area (Å²) in [6, 6.07) is 20.3. The zero-order chi connectivity index (χ0) is 18.6. The van der Waals surface area contributed by atoms with Crippen LogP contribution in [-0.2, 0) is 9.47 Å². The summed E-state index contributed by atoms with van der Waals surface area (Å²) in [6.45, 7) is 4.74. The van der Waals surface area contributed by atoms with Gasteiger partial charge in [0.25, 0.3) is 0 Å². The molecule has 2 aromatic rings. The monoisotopic (exact) mass is 350 g/mol. The molecule has 0 aliphatic rings. The molecule has 0 spiro atoms. The molecule has 136 valence electrons. The second kappa shape index (κ2) is 10.9. The Balaban J connectivity index is 1.62. The molecule has 3 heteroatoms. The van der Waals surface area contributed by atoms with E-state index in [4.69, 9.17) is 9.47 Å². The molecule has 3 nitrogen and oxygen atoms in total. The van der Waals surface area contributed by atoms with Gasteiger partial charge >= 0.3 is 6.16 Å². The average molecular weight is 350 g/mol. The Labute approximate surface area is 156 Å². The fourth-order valence-electron chi connectivity index (χ4n) is 2.51. The van der Waals surface area contributed by atoms with Crippen molar-refractivity contribution in [2.24, 2.45) is 0 Å². The lowest BCUT2D eigenvalue weighted by Crippen LogP contribution is -2.08. The van der Waals surface area contributed by atoms with Crippen molar-refractivity contribution >= 4 is 17.3 Å². The Morgan fingerprint density at radius 2 is 1.12 bits per heavy atom. The van der Waals surface area contributed by atoms with Crippen molar-refractivity contribution in [3.63, 3.8) is 0 Å². The quantitative estimate of drug-likeness (QED) is 0.424. The van der Waals surface area contributed by atoms with Crippen molar-refractivity contribution in [3.05, 3.63) is 83.9 Å². The van der Waals surface area contributed by atoms with Crippen LogP contribution < -0.4 is 0 Å². The summed E-state index contributed by atoms with van der Waals surface area (Å²) < 4.78 is 10.2. The van der Waals surface area contributed by atoms with Crippen LogP contribution in [0.15, 0.2) is 72.8 Å². The topological polar surface area (TPSA) is 35.5 Å². The van der Waals surface area contributed by atoms with Gasteiger partial charge in [0.2, 0.25) is 0 Å². The third-order valence-electron chi connectivity index (χ3n) is 4.03. The fourth-order valence-corrected chi connectivity index (χ4v) is 2.51. The van der Waals surface area contributed by atoms with Crippen LogP contribution in [0, 0.1) is 0 Å². The molecular weight excluding hydrogens is 324 g/mol. The molecule has 0 amide bonds. The lowest BCUT2D eigenvalue weighted by Gasteiger charge is -2.05. The highest BCUT2D eigenvalue weighted by Crippen LogP contribution is 2.14. The third-order valence-corrected chi connectivity index (χ3v) is 4.03. The number of carbonyl (C=O) groups excluding carboxylic acids is 1. The van der Waals surface area contributed by atoms with Gasteiger partial charge in [-0.25, -0.2) is 4.79 Å². The second-order valence-electron chi connectivity index (χ2n) is 6.03. The van der Waals surface area contributed by atoms with Crippen molar-refractivity contribution < 1.29 is 14.3 Å². The van der Waals surface area contributed by atoms with Crippen molar-refractivity contribution in [1.82, 2.24) is 0 Å². The fraction of sp³-hybridized carbons (Fsp3) is 0.261. The van der Waals surface area contributed by atoms with Gasteiger partial charge in [-0.1, -0.05) is 72.8 Å². The summed E-state index contributed by atoms with van der Waals surface area (Å²) >= 11 is 0. The van der Waals surface area contributed by atoms with Crippen LogP contribution in [-0.4, -0.2) is 19.4 Å². The maximum Gasteiger partial charge on any atom is 0.508 e. The van der Waals surface area contributed by atoms with Crippen LogP contribution in [0.1, 0.15) is 37.8 Å². The molecule has 0 N–H and O–H groups in total. The normalized spacial score (nSPS) is 11.9. The highest BCUT2D eigenvalue weighted by molar-refractivity contribution is 5.64. The molecule has 0 bridgehead atoms. The Bertz CT molecular complexity index is 667. The first kappa shape index (κ1) is 19.5. The number of hydrogen-bond donors (Lipinski definition) is 0. The van der Waals surface area contributed by atoms with Crippen LogP contribution in [0.4, 0.5) is 4.79 Å². The lowest BCUT2D eigenvalue weighted by molar-refractivity contribution is 0.0578. The minimum atomic E-state index is -0.610. The number of allylic oxidation sites excluding steroid dienone is 2. The molecule has 2 rings (SSSR count). The highest BCUT2D eigenvalue weighted by atomic mass is 16.7. The standard InChI is InChI=1S/C23H26O3/c1-19(21-13-5-3-6-14-21)11-9-17-25-23(24)26-18-10-12-20(2)22-15-7-4-8-16-22/h3-8,11-16H,9-10,17-18H2,1-2H3/b19-11-,20-12-. The zero-order valence-corrected chi connectivity index (χ0v) is 15.5. The van der Waals surface area contributed by atoms with Crippen LogP contribution in [0.25, 0.3) is 11.1 Å². The van der Waals surface area contributed by atoms with E-state index in [0.717, 1.165) is 0 Å². The van der Waals surface area contributed by atoms with Gasteiger partial charge in [0.1, 0.15) is 0 Å². The molecule has 0 unspecified atom stereocenters. The summed E-state index contributed by atoms with van der Waals surface area (Å²) in [5, 5.41) is 0. The van der Waals surface area contributed by atoms with Gasteiger partial charge in [0.15, 0.2) is 0 Å². The molecule has 0 aliphatic heterocycles. The molecule has 0 aromatic heterocycles. The second-order valence-corrected chi connectivity index (χ2v) is 6.03. The number of hydrogen-bond acceptors (Lipinski definition) is 3. The van der Waals surface area contributed by atoms with Crippen molar-refractivity contribution in [3.8, 4) is 0 Å². The molecule has 0 saturated heterocycles. The smallest absolute Gasteiger partial charge is 0.434 e. The van der Waals surface area contributed by atoms with Crippen molar-refractivity contribution in [1.29, 1.82) is 0 Å². The van der Waals surface area contributed by atoms with E-state index in [1.165, 1.54) is 22.3 Å². The van der Waals surface area contributed by atoms with E-state index in [-0.39, 0.29) is 0 Å². The Morgan fingerprint density at radius 1 is 0.731 bits per heavy atom. The maximum atomic E-state index is 11.6. The number of carbonyl (C=O) groups is 1. The maximum absolute atomic E-state index is 11.6. The predicted molar refractivity (Wildman–Crippen MR) is 107 cm³/mol. The van der Waals surface area contributed by atoms with Gasteiger partial charge in [-0.15, -0.1) is 0 Å². The number of ether oxygens (including phenoxy) is 2. The summed E-state index contributed by atoms with van der Waals surface area (Å²) in [6.07, 6.45) is 4.86. The van der Waals surface area contributed by atoms with Crippen LogP contribution in [0.2, 0.25) is 0 Å². The SMILES string of the molecule is C/C(=C/CCOC(=O)OCC/C=C(/C)c1ccccc1)c1ccccc1. The molecule has 0 aliphatic carbocycles. The summed E-state index contributed by atoms with van der Waals surface area (Å²) in [4.78, 5) is 11.6. The van der Waals surface area contributed by atoms with Crippen LogP contribution in [0.5, 0.6) is 0 Å². The van der Waals surface area contributed by atoms with E-state index in [0.29, 0.717) is 26.1 Å². The number of rotatable bonds is 8. The molecule has 26 heavy (non-hydrogen) atoms. The van der Waals surface area contributed by atoms with Gasteiger partial charge in [-0.2, -0.15) is 0 Å². The van der Waals surface area contributed by atoms with Gasteiger partial charge in [0.05, 0.1) is 13.2 Å². The summed E-state index contributed by atoms with van der Waals surface area (Å²) in [7, 11) is 0. The van der Waals surface area contributed by atoms with Gasteiger partial charge in [-0.3, -0.25) is 0 Å². The Kier molecular flexibility index (Phi) is 8.20. The summed E-state index contributed by atoms with van der Waals surface area (Å²) in [5.41, 5.74) is 4.69. The molecule has 0 atom stereocenters. The minimum Gasteiger partial charge on any atom is -0.434 e. The van der Waals surface area contributed by atoms with Gasteiger partial charge in [0, 0.05) is 12.8 Å². The molecule has 0 radical (unpaired) electrons. The first-order chi connectivity index (χ1) is 12.7. The average Bonchev–Trinajstić information content (AvgIpc) is 2.69. The minimum absolute atomic E-state index is 0.321. The van der Waals surface area contributed by atoms with E-state index < -0.39 is 6.16 Å². The predicted octanol–water partition coefficient (Wildman–Crippen LogP) is 6.13. The van der Waals surface area contributed by atoms with Gasteiger partial charge < -0.3 is 9.47 Å². The summed E-state index contributed by atoms with van der Waals surface area (Å²) in [5.74, 6) is 0. The molecule has 0 fully saturated rings. The first-order valence-electron chi connectivity index (χ1n) is 8.90. The lowest BCUT2D eigenvalue weighted by atomic mass is 10.1. The first-order valence-corrected chi connectivity index (χ1v) is 8.90. The Hall–Kier alpha value is -2.81. The third kappa shape index (κ3) is 6.98. The molecule has 0 heterocycles. The Morgan fingerprint density at radius 3 is 1.50 bits per heavy atom. The van der Waals surface area contributed by atoms with Crippen LogP contribution >= 0.6 is 0 Å². The van der Waals surface area contributed by atoms with Crippen molar-refractivity contribution in [2.45, 2.75) is 26.7 Å². The molecular formula is C23H26O3. The largest absolute Gasteiger partial charge is 0.508 e. The van der Waals surface area contributed by atoms with E-state index in [9.17, 15) is 4.79 Å². The van der Waals surface area contributed by atoms with Crippen molar-refractivity contribution in [2.75, 3.05) is 13.2 Å². The van der Waals surface area contributed by atoms with Gasteiger partial charge in [-0.05, 0) is 36.1 Å². The van der Waals surface area contributed by atoms with Crippen LogP contribution in [0.3, 0.4) is 0 Å². The zero-order valence-electron chi connectivity index (χ0n) is 15.5. The van der Waals surface area contributed by atoms with E-state index in [1.807, 2.05) is 36.4 Å². The molecule has 0 saturated carbocycles. The van der Waals surface area contributed by atoms with E-state index >= 15 is 0 Å². The molecule has 2 aromatic carbocycles. The number of benzene rings is 2. The highest BCUT2D eigenvalue weighted by Gasteiger charge is 2.02. The van der Waals surface area contributed by atoms with E-state index in [2.05, 4.69) is 50.3 Å².